The van der Waals surface area contributed by atoms with Gasteiger partial charge in [-0.3, -0.25) is 0 Å². The third-order valence-electron chi connectivity index (χ3n) is 2.07. The minimum atomic E-state index is -0.534. The van der Waals surface area contributed by atoms with Crippen LogP contribution in [-0.4, -0.2) is 42.6 Å². The van der Waals surface area contributed by atoms with Gasteiger partial charge in [0, 0.05) is 13.1 Å². The predicted molar refractivity (Wildman–Crippen MR) is 69.7 cm³/mol. The Hall–Kier alpha value is -0.840. The second-order valence-corrected chi connectivity index (χ2v) is 3.48. The molecule has 1 unspecified atom stereocenters. The van der Waals surface area contributed by atoms with Crippen LogP contribution in [0.4, 0.5) is 0 Å². The second kappa shape index (κ2) is 11.6. The van der Waals surface area contributed by atoms with E-state index in [1.807, 2.05) is 26.0 Å². The van der Waals surface area contributed by atoms with Crippen LogP contribution in [-0.2, 0) is 4.74 Å². The largest absolute Gasteiger partial charge is 0.491 e. The van der Waals surface area contributed by atoms with E-state index in [4.69, 9.17) is 9.84 Å². The van der Waals surface area contributed by atoms with Crippen molar-refractivity contribution in [3.63, 3.8) is 0 Å². The van der Waals surface area contributed by atoms with Gasteiger partial charge in [-0.2, -0.15) is 0 Å². The summed E-state index contributed by atoms with van der Waals surface area (Å²) in [6, 6.07) is 0. The van der Waals surface area contributed by atoms with Crippen molar-refractivity contribution in [1.82, 2.24) is 5.32 Å². The van der Waals surface area contributed by atoms with E-state index in [9.17, 15) is 5.11 Å². The van der Waals surface area contributed by atoms with E-state index in [1.54, 1.807) is 0 Å². The number of aliphatic hydroxyl groups is 2. The maximum atomic E-state index is 9.49. The average Bonchev–Trinajstić information content (AvgIpc) is 2.40. The number of allylic oxidation sites excluding steroid dienone is 3. The molecule has 0 radical (unpaired) electrons. The summed E-state index contributed by atoms with van der Waals surface area (Å²) in [5.74, 6) is 0.836. The molecular formula is C13H25NO3. The van der Waals surface area contributed by atoms with Crippen LogP contribution < -0.4 is 5.32 Å². The van der Waals surface area contributed by atoms with E-state index in [0.29, 0.717) is 13.1 Å². The van der Waals surface area contributed by atoms with Crippen LogP contribution >= 0.6 is 0 Å². The molecule has 1 rings (SSSR count). The van der Waals surface area contributed by atoms with Crippen LogP contribution in [0.5, 0.6) is 0 Å². The Morgan fingerprint density at radius 2 is 2.18 bits per heavy atom. The first-order valence-electron chi connectivity index (χ1n) is 6.32. The lowest BCUT2D eigenvalue weighted by molar-refractivity contribution is 0.0740. The molecule has 1 aliphatic carbocycles. The summed E-state index contributed by atoms with van der Waals surface area (Å²) in [6.45, 7) is 5.31. The number of hydrogen-bond acceptors (Lipinski definition) is 4. The fourth-order valence-corrected chi connectivity index (χ4v) is 1.30. The lowest BCUT2D eigenvalue weighted by atomic mass is 10.2. The Morgan fingerprint density at radius 1 is 1.41 bits per heavy atom. The maximum absolute atomic E-state index is 9.49. The smallest absolute Gasteiger partial charge is 0.115 e. The van der Waals surface area contributed by atoms with Gasteiger partial charge in [-0.1, -0.05) is 19.9 Å². The van der Waals surface area contributed by atoms with Gasteiger partial charge in [0.05, 0.1) is 6.61 Å². The van der Waals surface area contributed by atoms with Crippen molar-refractivity contribution in [2.75, 3.05) is 26.3 Å². The van der Waals surface area contributed by atoms with Gasteiger partial charge in [0.25, 0.3) is 0 Å². The van der Waals surface area contributed by atoms with E-state index in [0.717, 1.165) is 18.6 Å². The summed E-state index contributed by atoms with van der Waals surface area (Å²) in [5, 5.41) is 20.9. The molecule has 0 bridgehead atoms. The third-order valence-corrected chi connectivity index (χ3v) is 2.07. The molecule has 0 fully saturated rings. The molecule has 0 aromatic carbocycles. The molecule has 0 aromatic rings. The van der Waals surface area contributed by atoms with Crippen molar-refractivity contribution < 1.29 is 14.9 Å². The first kappa shape index (κ1) is 16.2. The van der Waals surface area contributed by atoms with Crippen molar-refractivity contribution >= 4 is 0 Å². The molecular weight excluding hydrogens is 218 g/mol. The molecule has 1 aliphatic rings. The number of rotatable bonds is 7. The highest BCUT2D eigenvalue weighted by atomic mass is 16.5. The van der Waals surface area contributed by atoms with Gasteiger partial charge in [0.2, 0.25) is 0 Å². The summed E-state index contributed by atoms with van der Waals surface area (Å²) in [7, 11) is 0. The van der Waals surface area contributed by atoms with Gasteiger partial charge in [0.1, 0.15) is 18.5 Å². The van der Waals surface area contributed by atoms with E-state index < -0.39 is 6.10 Å². The van der Waals surface area contributed by atoms with Gasteiger partial charge < -0.3 is 20.3 Å². The normalized spacial score (nSPS) is 15.6. The molecule has 0 saturated heterocycles. The van der Waals surface area contributed by atoms with Gasteiger partial charge in [-0.25, -0.2) is 0 Å². The fourth-order valence-electron chi connectivity index (χ4n) is 1.30. The summed E-state index contributed by atoms with van der Waals surface area (Å²) in [5.41, 5.74) is 0. The zero-order valence-corrected chi connectivity index (χ0v) is 10.9. The quantitative estimate of drug-likeness (QED) is 0.588. The Bertz CT molecular complexity index is 227. The zero-order chi connectivity index (χ0) is 12.9. The van der Waals surface area contributed by atoms with Crippen LogP contribution in [0.15, 0.2) is 24.0 Å². The molecule has 0 amide bonds. The topological polar surface area (TPSA) is 61.7 Å². The van der Waals surface area contributed by atoms with Crippen LogP contribution in [0.2, 0.25) is 0 Å². The minimum absolute atomic E-state index is 0.0848. The van der Waals surface area contributed by atoms with Gasteiger partial charge in [-0.15, -0.1) is 0 Å². The number of ether oxygens (including phenoxy) is 1. The van der Waals surface area contributed by atoms with Crippen molar-refractivity contribution in [2.24, 2.45) is 0 Å². The first-order valence-corrected chi connectivity index (χ1v) is 6.32. The second-order valence-electron chi connectivity index (χ2n) is 3.48. The van der Waals surface area contributed by atoms with Crippen molar-refractivity contribution in [3.05, 3.63) is 24.0 Å². The van der Waals surface area contributed by atoms with E-state index >= 15 is 0 Å². The lowest BCUT2D eigenvalue weighted by Crippen LogP contribution is -2.31. The van der Waals surface area contributed by atoms with E-state index in [2.05, 4.69) is 11.4 Å². The fraction of sp³-hybridized carbons (Fsp3) is 0.692. The molecule has 0 heterocycles. The number of nitrogens with one attached hydrogen (secondary N) is 1. The molecule has 4 nitrogen and oxygen atoms in total. The lowest BCUT2D eigenvalue weighted by Gasteiger charge is -2.14. The first-order chi connectivity index (χ1) is 8.33. The Kier molecular flexibility index (Phi) is 11.1. The Labute approximate surface area is 104 Å². The third kappa shape index (κ3) is 8.92. The summed E-state index contributed by atoms with van der Waals surface area (Å²) < 4.78 is 5.40. The summed E-state index contributed by atoms with van der Waals surface area (Å²) >= 11 is 0. The molecule has 0 aliphatic heterocycles. The summed E-state index contributed by atoms with van der Waals surface area (Å²) in [6.07, 6.45) is 7.54. The van der Waals surface area contributed by atoms with Crippen LogP contribution in [0.1, 0.15) is 26.7 Å². The number of hydrogen-bond donors (Lipinski definition) is 3. The van der Waals surface area contributed by atoms with Crippen LogP contribution in [0.25, 0.3) is 0 Å². The predicted octanol–water partition coefficient (Wildman–Crippen LogP) is 1.21. The van der Waals surface area contributed by atoms with Gasteiger partial charge in [0.15, 0.2) is 0 Å². The van der Waals surface area contributed by atoms with Crippen LogP contribution in [0, 0.1) is 0 Å². The molecule has 3 N–H and O–H groups in total. The van der Waals surface area contributed by atoms with Crippen molar-refractivity contribution in [3.8, 4) is 0 Å². The molecule has 17 heavy (non-hydrogen) atoms. The highest BCUT2D eigenvalue weighted by Crippen LogP contribution is 2.10. The highest BCUT2D eigenvalue weighted by molar-refractivity contribution is 5.15. The van der Waals surface area contributed by atoms with Gasteiger partial charge in [-0.05, 0) is 25.0 Å². The highest BCUT2D eigenvalue weighted by Gasteiger charge is 2.05. The molecule has 0 aromatic heterocycles. The Balaban J connectivity index is 0.00000121. The summed E-state index contributed by atoms with van der Waals surface area (Å²) in [4.78, 5) is 0. The maximum Gasteiger partial charge on any atom is 0.115 e. The molecule has 0 spiro atoms. The molecule has 0 saturated carbocycles. The molecule has 4 heteroatoms. The monoisotopic (exact) mass is 243 g/mol. The average molecular weight is 243 g/mol. The SMILES string of the molecule is CC.OCCNCC(O)COC1=CCCC=C1. The van der Waals surface area contributed by atoms with E-state index in [-0.39, 0.29) is 13.2 Å². The van der Waals surface area contributed by atoms with Crippen molar-refractivity contribution in [2.45, 2.75) is 32.8 Å². The standard InChI is InChI=1S/C11H19NO3.C2H6/c13-7-6-12-8-10(14)9-15-11-4-2-1-3-5-11;1-2/h2,4-5,10,12-14H,1,3,6-9H2;1-2H3. The minimum Gasteiger partial charge on any atom is -0.491 e. The Morgan fingerprint density at radius 3 is 2.76 bits per heavy atom. The zero-order valence-electron chi connectivity index (χ0n) is 10.9. The number of aliphatic hydroxyl groups excluding tert-OH is 2. The van der Waals surface area contributed by atoms with E-state index in [1.165, 1.54) is 0 Å². The van der Waals surface area contributed by atoms with Gasteiger partial charge >= 0.3 is 0 Å². The molecule has 1 atom stereocenters. The molecule has 100 valence electrons. The van der Waals surface area contributed by atoms with Crippen LogP contribution in [0.3, 0.4) is 0 Å². The van der Waals surface area contributed by atoms with Crippen molar-refractivity contribution in [1.29, 1.82) is 0 Å².